The molecule has 4 heteroatoms. The van der Waals surface area contributed by atoms with Crippen LogP contribution in [0.3, 0.4) is 0 Å². The molecule has 4 nitrogen and oxygen atoms in total. The Morgan fingerprint density at radius 3 is 2.50 bits per heavy atom. The third-order valence-electron chi connectivity index (χ3n) is 1.47. The van der Waals surface area contributed by atoms with Crippen LogP contribution >= 0.6 is 0 Å². The molecule has 1 aliphatic rings. The summed E-state index contributed by atoms with van der Waals surface area (Å²) >= 11 is 0. The molecule has 0 aliphatic carbocycles. The van der Waals surface area contributed by atoms with Gasteiger partial charge in [-0.25, -0.2) is 4.99 Å². The highest BCUT2D eigenvalue weighted by Crippen LogP contribution is 2.15. The van der Waals surface area contributed by atoms with Crippen LogP contribution in [-0.4, -0.2) is 24.3 Å². The van der Waals surface area contributed by atoms with Crippen LogP contribution in [0.4, 0.5) is 0 Å². The molecule has 58 valence electrons. The van der Waals surface area contributed by atoms with E-state index in [0.29, 0.717) is 5.92 Å². The molecule has 0 aromatic heterocycles. The van der Waals surface area contributed by atoms with Gasteiger partial charge in [0.1, 0.15) is 6.17 Å². The monoisotopic (exact) mass is 143 g/mol. The van der Waals surface area contributed by atoms with Gasteiger partial charge >= 0.3 is 6.02 Å². The Morgan fingerprint density at radius 1 is 1.70 bits per heavy atom. The molecule has 0 radical (unpaired) electrons. The number of rotatable bonds is 1. The summed E-state index contributed by atoms with van der Waals surface area (Å²) in [6.07, 6.45) is 0.0833. The molecule has 0 fully saturated rings. The lowest BCUT2D eigenvalue weighted by molar-refractivity contribution is -0.0701. The van der Waals surface area contributed by atoms with Crippen LogP contribution in [0, 0.1) is 5.92 Å². The first kappa shape index (κ1) is 7.34. The number of hydrogen-bond acceptors (Lipinski definition) is 4. The van der Waals surface area contributed by atoms with Crippen LogP contribution in [0.1, 0.15) is 13.8 Å². The highest BCUT2D eigenvalue weighted by atomic mass is 16.7. The summed E-state index contributed by atoms with van der Waals surface area (Å²) in [4.78, 5) is 9.06. The van der Waals surface area contributed by atoms with Crippen molar-refractivity contribution < 1.29 is 4.84 Å². The highest BCUT2D eigenvalue weighted by molar-refractivity contribution is 5.72. The average Bonchev–Trinajstić information content (AvgIpc) is 2.10. The van der Waals surface area contributed by atoms with Crippen molar-refractivity contribution in [3.8, 4) is 0 Å². The number of amidine groups is 1. The quantitative estimate of drug-likeness (QED) is 0.569. The summed E-state index contributed by atoms with van der Waals surface area (Å²) in [6.45, 7) is 4.15. The Kier molecular flexibility index (Phi) is 1.80. The predicted molar refractivity (Wildman–Crippen MR) is 39.1 cm³/mol. The van der Waals surface area contributed by atoms with Gasteiger partial charge in [-0.2, -0.15) is 0 Å². The van der Waals surface area contributed by atoms with E-state index in [4.69, 9.17) is 10.6 Å². The number of nitrogens with zero attached hydrogens (tertiary/aromatic N) is 2. The highest BCUT2D eigenvalue weighted by Gasteiger charge is 2.25. The van der Waals surface area contributed by atoms with E-state index < -0.39 is 0 Å². The van der Waals surface area contributed by atoms with Gasteiger partial charge in [0.25, 0.3) is 0 Å². The molecule has 10 heavy (non-hydrogen) atoms. The third-order valence-corrected chi connectivity index (χ3v) is 1.47. The Labute approximate surface area is 60.6 Å². The van der Waals surface area contributed by atoms with E-state index in [2.05, 4.69) is 18.8 Å². The Bertz CT molecular complexity index is 155. The van der Waals surface area contributed by atoms with E-state index in [0.717, 1.165) is 0 Å². The van der Waals surface area contributed by atoms with Crippen LogP contribution in [0.15, 0.2) is 4.99 Å². The van der Waals surface area contributed by atoms with E-state index >= 15 is 0 Å². The van der Waals surface area contributed by atoms with E-state index in [1.54, 1.807) is 5.06 Å². The second-order valence-electron chi connectivity index (χ2n) is 2.76. The van der Waals surface area contributed by atoms with Crippen LogP contribution in [0.2, 0.25) is 0 Å². The lowest BCUT2D eigenvalue weighted by Gasteiger charge is -2.17. The second-order valence-corrected chi connectivity index (χ2v) is 2.76. The van der Waals surface area contributed by atoms with Crippen molar-refractivity contribution in [2.24, 2.45) is 16.6 Å². The lowest BCUT2D eigenvalue weighted by atomic mass is 10.2. The minimum Gasteiger partial charge on any atom is -0.366 e. The molecule has 2 N–H and O–H groups in total. The van der Waals surface area contributed by atoms with Crippen molar-refractivity contribution in [1.82, 2.24) is 5.06 Å². The molecule has 1 aliphatic heterocycles. The maximum Gasteiger partial charge on any atom is 0.304 e. The summed E-state index contributed by atoms with van der Waals surface area (Å²) in [5, 5.41) is 1.67. The molecule has 0 aromatic rings. The predicted octanol–water partition coefficient (Wildman–Crippen LogP) is 0.160. The summed E-state index contributed by atoms with van der Waals surface area (Å²) < 4.78 is 0. The summed E-state index contributed by atoms with van der Waals surface area (Å²) in [7, 11) is 1.83. The molecule has 1 rings (SSSR count). The third kappa shape index (κ3) is 1.21. The molecule has 0 aromatic carbocycles. The van der Waals surface area contributed by atoms with E-state index in [1.807, 2.05) is 7.05 Å². The first-order chi connectivity index (χ1) is 4.61. The van der Waals surface area contributed by atoms with Crippen LogP contribution in [0.25, 0.3) is 0 Å². The number of hydrogen-bond donors (Lipinski definition) is 1. The zero-order valence-electron chi connectivity index (χ0n) is 6.53. The molecule has 0 amide bonds. The Hall–Kier alpha value is -0.770. The topological polar surface area (TPSA) is 50.9 Å². The van der Waals surface area contributed by atoms with Crippen molar-refractivity contribution in [3.63, 3.8) is 0 Å². The minimum atomic E-state index is 0.0833. The molecule has 0 spiro atoms. The van der Waals surface area contributed by atoms with Gasteiger partial charge in [0, 0.05) is 7.05 Å². The first-order valence-corrected chi connectivity index (χ1v) is 3.35. The number of nitrogens with two attached hydrogens (primary N) is 1. The maximum atomic E-state index is 5.34. The number of hydroxylamine groups is 2. The molecule has 0 bridgehead atoms. The molecule has 1 heterocycles. The SMILES string of the molecule is CC(C)C1N=C(N)ON1C. The van der Waals surface area contributed by atoms with E-state index in [9.17, 15) is 0 Å². The molecule has 1 unspecified atom stereocenters. The van der Waals surface area contributed by atoms with Gasteiger partial charge in [0.05, 0.1) is 0 Å². The normalized spacial score (nSPS) is 26.8. The van der Waals surface area contributed by atoms with Crippen molar-refractivity contribution in [2.45, 2.75) is 20.0 Å². The van der Waals surface area contributed by atoms with Gasteiger partial charge in [-0.15, -0.1) is 5.06 Å². The Balaban J connectivity index is 2.60. The lowest BCUT2D eigenvalue weighted by Crippen LogP contribution is -2.29. The van der Waals surface area contributed by atoms with Crippen LogP contribution < -0.4 is 5.73 Å². The minimum absolute atomic E-state index is 0.0833. The summed E-state index contributed by atoms with van der Waals surface area (Å²) in [5.74, 6) is 0.436. The number of aliphatic imine (C=N–C) groups is 1. The van der Waals surface area contributed by atoms with Gasteiger partial charge in [-0.3, -0.25) is 0 Å². The molecule has 0 saturated carbocycles. The fourth-order valence-electron chi connectivity index (χ4n) is 1.01. The van der Waals surface area contributed by atoms with Gasteiger partial charge in [-0.05, 0) is 5.92 Å². The van der Waals surface area contributed by atoms with Crippen molar-refractivity contribution in [2.75, 3.05) is 7.05 Å². The van der Waals surface area contributed by atoms with Crippen molar-refractivity contribution in [3.05, 3.63) is 0 Å². The first-order valence-electron chi connectivity index (χ1n) is 3.35. The van der Waals surface area contributed by atoms with Gasteiger partial charge in [-0.1, -0.05) is 13.8 Å². The zero-order valence-corrected chi connectivity index (χ0v) is 6.53. The molecular formula is C6H13N3O. The van der Waals surface area contributed by atoms with Crippen LogP contribution in [0.5, 0.6) is 0 Å². The standard InChI is InChI=1S/C6H13N3O/c1-4(2)5-8-6(7)10-9(5)3/h4-5H,1-3H3,(H2,7,8). The van der Waals surface area contributed by atoms with Crippen molar-refractivity contribution >= 4 is 6.02 Å². The fraction of sp³-hybridized carbons (Fsp3) is 0.833. The zero-order chi connectivity index (χ0) is 7.72. The summed E-state index contributed by atoms with van der Waals surface area (Å²) in [6, 6.07) is 0.265. The molecular weight excluding hydrogens is 130 g/mol. The largest absolute Gasteiger partial charge is 0.366 e. The van der Waals surface area contributed by atoms with Gasteiger partial charge in [0.15, 0.2) is 0 Å². The smallest absolute Gasteiger partial charge is 0.304 e. The fourth-order valence-corrected chi connectivity index (χ4v) is 1.01. The molecule has 0 saturated heterocycles. The van der Waals surface area contributed by atoms with Gasteiger partial charge in [0.2, 0.25) is 0 Å². The summed E-state index contributed by atoms with van der Waals surface area (Å²) in [5.41, 5.74) is 5.34. The van der Waals surface area contributed by atoms with Crippen LogP contribution in [-0.2, 0) is 4.84 Å². The van der Waals surface area contributed by atoms with Gasteiger partial charge < -0.3 is 10.6 Å². The maximum absolute atomic E-state index is 5.34. The second kappa shape index (κ2) is 2.46. The van der Waals surface area contributed by atoms with Crippen molar-refractivity contribution in [1.29, 1.82) is 0 Å². The van der Waals surface area contributed by atoms with E-state index in [1.165, 1.54) is 0 Å². The molecule has 1 atom stereocenters. The van der Waals surface area contributed by atoms with E-state index in [-0.39, 0.29) is 12.2 Å². The Morgan fingerprint density at radius 2 is 2.30 bits per heavy atom. The average molecular weight is 143 g/mol.